The summed E-state index contributed by atoms with van der Waals surface area (Å²) < 4.78 is 27.9. The van der Waals surface area contributed by atoms with Gasteiger partial charge in [0, 0.05) is 30.9 Å². The average Bonchev–Trinajstić information content (AvgIpc) is 3.19. The monoisotopic (exact) mass is 436 g/mol. The summed E-state index contributed by atoms with van der Waals surface area (Å²) >= 11 is 0. The van der Waals surface area contributed by atoms with Gasteiger partial charge in [-0.3, -0.25) is 4.79 Å². The van der Waals surface area contributed by atoms with Gasteiger partial charge in [-0.05, 0) is 60.4 Å². The van der Waals surface area contributed by atoms with Crippen LogP contribution in [0.2, 0.25) is 0 Å². The first-order valence-electron chi connectivity index (χ1n) is 10.1. The van der Waals surface area contributed by atoms with Gasteiger partial charge in [-0.1, -0.05) is 30.3 Å². The molecule has 7 nitrogen and oxygen atoms in total. The quantitative estimate of drug-likeness (QED) is 0.471. The third kappa shape index (κ3) is 5.28. The van der Waals surface area contributed by atoms with E-state index in [-0.39, 0.29) is 23.4 Å². The Bertz CT molecular complexity index is 1150. The van der Waals surface area contributed by atoms with Crippen LogP contribution in [0.25, 0.3) is 0 Å². The van der Waals surface area contributed by atoms with Gasteiger partial charge in [-0.15, -0.1) is 0 Å². The highest BCUT2D eigenvalue weighted by atomic mass is 32.2. The molecule has 3 aromatic rings. The van der Waals surface area contributed by atoms with Crippen molar-refractivity contribution >= 4 is 21.7 Å². The van der Waals surface area contributed by atoms with E-state index < -0.39 is 10.0 Å². The molecule has 1 aliphatic carbocycles. The van der Waals surface area contributed by atoms with E-state index in [0.717, 1.165) is 11.1 Å². The van der Waals surface area contributed by atoms with Crippen molar-refractivity contribution in [3.8, 4) is 0 Å². The summed E-state index contributed by atoms with van der Waals surface area (Å²) in [6.45, 7) is 0.667. The minimum atomic E-state index is -3.62. The van der Waals surface area contributed by atoms with Crippen molar-refractivity contribution in [2.45, 2.75) is 23.8 Å². The van der Waals surface area contributed by atoms with E-state index >= 15 is 0 Å². The molecule has 2 aromatic carbocycles. The third-order valence-electron chi connectivity index (χ3n) is 5.18. The highest BCUT2D eigenvalue weighted by Gasteiger charge is 2.25. The molecule has 4 rings (SSSR count). The fourth-order valence-corrected chi connectivity index (χ4v) is 4.73. The zero-order valence-electron chi connectivity index (χ0n) is 16.9. The molecule has 8 heteroatoms. The second-order valence-corrected chi connectivity index (χ2v) is 9.18. The van der Waals surface area contributed by atoms with Crippen molar-refractivity contribution in [2.24, 2.45) is 0 Å². The van der Waals surface area contributed by atoms with Gasteiger partial charge < -0.3 is 10.6 Å². The van der Waals surface area contributed by atoms with Crippen LogP contribution >= 0.6 is 0 Å². The van der Waals surface area contributed by atoms with Crippen LogP contribution < -0.4 is 15.4 Å². The lowest BCUT2D eigenvalue weighted by Crippen LogP contribution is -2.35. The third-order valence-corrected chi connectivity index (χ3v) is 6.64. The van der Waals surface area contributed by atoms with Crippen LogP contribution in [0.3, 0.4) is 0 Å². The van der Waals surface area contributed by atoms with Crippen LogP contribution in [0.4, 0.5) is 5.82 Å². The van der Waals surface area contributed by atoms with Gasteiger partial charge in [-0.25, -0.2) is 18.1 Å². The van der Waals surface area contributed by atoms with Gasteiger partial charge in [0.25, 0.3) is 5.91 Å². The van der Waals surface area contributed by atoms with E-state index in [0.29, 0.717) is 30.8 Å². The Morgan fingerprint density at radius 3 is 2.48 bits per heavy atom. The molecule has 0 bridgehead atoms. The molecule has 1 atom stereocenters. The maximum absolute atomic E-state index is 12.7. The molecule has 0 saturated heterocycles. The predicted molar refractivity (Wildman–Crippen MR) is 119 cm³/mol. The van der Waals surface area contributed by atoms with Crippen LogP contribution in [-0.4, -0.2) is 38.4 Å². The van der Waals surface area contributed by atoms with E-state index in [2.05, 4.69) is 20.3 Å². The molecule has 31 heavy (non-hydrogen) atoms. The van der Waals surface area contributed by atoms with Crippen molar-refractivity contribution < 1.29 is 13.2 Å². The number of sulfonamides is 1. The molecule has 0 spiro atoms. The van der Waals surface area contributed by atoms with E-state index in [1.807, 2.05) is 42.5 Å². The Kier molecular flexibility index (Phi) is 6.29. The first-order chi connectivity index (χ1) is 15.0. The van der Waals surface area contributed by atoms with Gasteiger partial charge in [0.1, 0.15) is 5.82 Å². The molecule has 1 aliphatic rings. The number of nitrogens with one attached hydrogen (secondary N) is 3. The van der Waals surface area contributed by atoms with Crippen molar-refractivity contribution in [3.05, 3.63) is 89.6 Å². The Labute approximate surface area is 182 Å². The molecule has 1 aromatic heterocycles. The fraction of sp³-hybridized carbons (Fsp3) is 0.217. The molecule has 0 aliphatic heterocycles. The Hall–Kier alpha value is -3.23. The van der Waals surface area contributed by atoms with Crippen molar-refractivity contribution in [1.29, 1.82) is 0 Å². The van der Waals surface area contributed by atoms with Crippen LogP contribution in [0.5, 0.6) is 0 Å². The van der Waals surface area contributed by atoms with Gasteiger partial charge in [0.05, 0.1) is 4.90 Å². The maximum atomic E-state index is 12.7. The number of carbonyl (C=O) groups excluding carboxylic acids is 1. The van der Waals surface area contributed by atoms with E-state index in [1.54, 1.807) is 30.5 Å². The zero-order chi connectivity index (χ0) is 21.7. The summed E-state index contributed by atoms with van der Waals surface area (Å²) in [6, 6.07) is 19.7. The van der Waals surface area contributed by atoms with Crippen molar-refractivity contribution in [3.63, 3.8) is 0 Å². The number of benzene rings is 2. The Morgan fingerprint density at radius 2 is 1.71 bits per heavy atom. The number of rotatable bonds is 8. The Morgan fingerprint density at radius 1 is 0.935 bits per heavy atom. The highest BCUT2D eigenvalue weighted by Crippen LogP contribution is 2.25. The maximum Gasteiger partial charge on any atom is 0.251 e. The molecule has 0 saturated carbocycles. The molecule has 0 unspecified atom stereocenters. The smallest absolute Gasteiger partial charge is 0.251 e. The molecule has 1 amide bonds. The number of anilines is 1. The molecule has 0 fully saturated rings. The summed E-state index contributed by atoms with van der Waals surface area (Å²) in [5, 5.41) is 6.11. The zero-order valence-corrected chi connectivity index (χ0v) is 17.7. The molecule has 160 valence electrons. The summed E-state index contributed by atoms with van der Waals surface area (Å²) in [4.78, 5) is 16.8. The lowest BCUT2D eigenvalue weighted by Gasteiger charge is -2.11. The highest BCUT2D eigenvalue weighted by molar-refractivity contribution is 7.89. The van der Waals surface area contributed by atoms with E-state index in [1.165, 1.54) is 0 Å². The largest absolute Gasteiger partial charge is 0.369 e. The van der Waals surface area contributed by atoms with Gasteiger partial charge >= 0.3 is 0 Å². The lowest BCUT2D eigenvalue weighted by atomic mass is 10.1. The molecular formula is C23H24N4O3S. The number of aromatic nitrogens is 1. The summed E-state index contributed by atoms with van der Waals surface area (Å²) in [7, 11) is -3.62. The summed E-state index contributed by atoms with van der Waals surface area (Å²) in [6.07, 6.45) is 2.97. The van der Waals surface area contributed by atoms with Crippen LogP contribution in [-0.2, 0) is 22.9 Å². The second-order valence-electron chi connectivity index (χ2n) is 7.41. The number of hydrogen-bond acceptors (Lipinski definition) is 5. The topological polar surface area (TPSA) is 100 Å². The van der Waals surface area contributed by atoms with Crippen LogP contribution in [0.1, 0.15) is 21.5 Å². The first kappa shape index (κ1) is 21.0. The number of amides is 1. The van der Waals surface area contributed by atoms with Crippen LogP contribution in [0.15, 0.2) is 77.8 Å². The summed E-state index contributed by atoms with van der Waals surface area (Å²) in [5.41, 5.74) is 2.63. The van der Waals surface area contributed by atoms with E-state index in [9.17, 15) is 13.2 Å². The molecule has 0 radical (unpaired) electrons. The van der Waals surface area contributed by atoms with Crippen LogP contribution in [0, 0.1) is 0 Å². The second kappa shape index (κ2) is 9.28. The average molecular weight is 437 g/mol. The minimum absolute atomic E-state index is 0.0452. The molecule has 3 N–H and O–H groups in total. The number of pyridine rings is 1. The minimum Gasteiger partial charge on any atom is -0.369 e. The van der Waals surface area contributed by atoms with E-state index in [4.69, 9.17) is 0 Å². The van der Waals surface area contributed by atoms with Gasteiger partial charge in [0.2, 0.25) is 10.0 Å². The fourth-order valence-electron chi connectivity index (χ4n) is 3.65. The van der Waals surface area contributed by atoms with Gasteiger partial charge in [-0.2, -0.15) is 0 Å². The van der Waals surface area contributed by atoms with Gasteiger partial charge in [0.15, 0.2) is 0 Å². The normalized spacial score (nSPS) is 15.3. The number of carbonyl (C=O) groups is 1. The van der Waals surface area contributed by atoms with Crippen molar-refractivity contribution in [1.82, 2.24) is 15.0 Å². The predicted octanol–water partition coefficient (Wildman–Crippen LogP) is 2.37. The lowest BCUT2D eigenvalue weighted by molar-refractivity contribution is 0.0938. The Balaban J connectivity index is 1.33. The standard InChI is InChI=1S/C23H24N4O3S/c28-23(17-6-2-1-3-7-17)27-20-14-18-9-10-21(16-19(18)15-20)31(29,30)26-13-12-25-22-8-4-5-11-24-22/h1-11,16,20,26H,12-15H2,(H,24,25)(H,27,28)/t20-/m0/s1. The molecular weight excluding hydrogens is 412 g/mol. The summed E-state index contributed by atoms with van der Waals surface area (Å²) in [5.74, 6) is 0.580. The number of fused-ring (bicyclic) bond motifs is 1. The number of hydrogen-bond donors (Lipinski definition) is 3. The SMILES string of the molecule is O=C(N[C@H]1Cc2ccc(S(=O)(=O)NCCNc3ccccn3)cc2C1)c1ccccc1. The molecule has 1 heterocycles. The van der Waals surface area contributed by atoms with Crippen molar-refractivity contribution in [2.75, 3.05) is 18.4 Å². The number of nitrogens with zero attached hydrogens (tertiary/aromatic N) is 1. The first-order valence-corrected chi connectivity index (χ1v) is 11.6.